The van der Waals surface area contributed by atoms with Gasteiger partial charge in [-0.05, 0) is 19.3 Å². The molecule has 0 amide bonds. The average molecular weight is 294 g/mol. The highest BCUT2D eigenvalue weighted by molar-refractivity contribution is 5.68. The van der Waals surface area contributed by atoms with Crippen molar-refractivity contribution in [1.82, 2.24) is 0 Å². The molecule has 0 fully saturated rings. The summed E-state index contributed by atoms with van der Waals surface area (Å²) in [6, 6.07) is 0. The number of methoxy groups -OCH3 is 1. The number of carbonyl (C=O) groups excluding carboxylic acids is 1. The first-order valence-electron chi connectivity index (χ1n) is 8.83. The number of hydrogen-bond acceptors (Lipinski definition) is 2. The smallest absolute Gasteiger partial charge is 0.305 e. The second kappa shape index (κ2) is 17.1. The van der Waals surface area contributed by atoms with Gasteiger partial charge in [0.05, 0.1) is 7.11 Å². The maximum absolute atomic E-state index is 10.9. The van der Waals surface area contributed by atoms with Crippen LogP contribution >= 0.6 is 0 Å². The Morgan fingerprint density at radius 1 is 0.762 bits per heavy atom. The largest absolute Gasteiger partial charge is 0.469 e. The molecule has 21 heavy (non-hydrogen) atoms. The molecule has 2 nitrogen and oxygen atoms in total. The summed E-state index contributed by atoms with van der Waals surface area (Å²) in [5.41, 5.74) is 0. The molecule has 0 aromatic rings. The van der Waals surface area contributed by atoms with Gasteiger partial charge < -0.3 is 4.74 Å². The lowest BCUT2D eigenvalue weighted by Crippen LogP contribution is -1.98. The van der Waals surface area contributed by atoms with E-state index in [0.29, 0.717) is 6.42 Å². The number of rotatable bonds is 13. The first kappa shape index (κ1) is 20.0. The van der Waals surface area contributed by atoms with Crippen LogP contribution in [-0.4, -0.2) is 13.1 Å². The Bertz CT molecular complexity index is 286. The predicted octanol–water partition coefficient (Wildman–Crippen LogP) is 5.64. The van der Waals surface area contributed by atoms with Crippen molar-refractivity contribution in [1.29, 1.82) is 0 Å². The molecule has 0 atom stereocenters. The average Bonchev–Trinajstić information content (AvgIpc) is 2.50. The van der Waals surface area contributed by atoms with Gasteiger partial charge in [-0.25, -0.2) is 0 Å². The van der Waals surface area contributed by atoms with Crippen molar-refractivity contribution in [3.63, 3.8) is 0 Å². The minimum atomic E-state index is -0.0931. The predicted molar refractivity (Wildman–Crippen MR) is 90.1 cm³/mol. The molecule has 0 spiro atoms. The minimum Gasteiger partial charge on any atom is -0.469 e. The number of ether oxygens (including phenoxy) is 1. The molecule has 0 bridgehead atoms. The number of esters is 1. The molecule has 0 aliphatic heterocycles. The zero-order valence-corrected chi connectivity index (χ0v) is 14.2. The topological polar surface area (TPSA) is 26.3 Å². The van der Waals surface area contributed by atoms with E-state index in [2.05, 4.69) is 23.5 Å². The number of hydrogen-bond donors (Lipinski definition) is 0. The van der Waals surface area contributed by atoms with Gasteiger partial charge in [0.25, 0.3) is 0 Å². The molecule has 122 valence electrons. The van der Waals surface area contributed by atoms with Gasteiger partial charge in [-0.15, -0.1) is 11.8 Å². The van der Waals surface area contributed by atoms with E-state index in [4.69, 9.17) is 0 Å². The van der Waals surface area contributed by atoms with Crippen LogP contribution in [0.25, 0.3) is 0 Å². The lowest BCUT2D eigenvalue weighted by atomic mass is 10.1. The molecule has 0 unspecified atom stereocenters. The van der Waals surface area contributed by atoms with Gasteiger partial charge in [0.1, 0.15) is 0 Å². The van der Waals surface area contributed by atoms with E-state index in [9.17, 15) is 4.79 Å². The maximum Gasteiger partial charge on any atom is 0.305 e. The number of carbonyl (C=O) groups is 1. The van der Waals surface area contributed by atoms with E-state index < -0.39 is 0 Å². The normalized spacial score (nSPS) is 10.0. The van der Waals surface area contributed by atoms with Crippen molar-refractivity contribution in [3.8, 4) is 11.8 Å². The Hall–Kier alpha value is -0.970. The summed E-state index contributed by atoms with van der Waals surface area (Å²) < 4.78 is 4.61. The number of unbranched alkanes of at least 4 members (excludes halogenated alkanes) is 11. The van der Waals surface area contributed by atoms with Crippen LogP contribution in [0.4, 0.5) is 0 Å². The fraction of sp³-hybridized carbons (Fsp3) is 0.842. The standard InChI is InChI=1S/C19H34O2/c1-3-4-5-6-7-8-9-10-11-12-13-14-15-16-17-18-19(20)21-2/h3-10,13-18H2,1-2H3. The van der Waals surface area contributed by atoms with Crippen LogP contribution in [-0.2, 0) is 9.53 Å². The van der Waals surface area contributed by atoms with Crippen LogP contribution in [0.1, 0.15) is 96.8 Å². The Labute approximate surface area is 132 Å². The van der Waals surface area contributed by atoms with E-state index >= 15 is 0 Å². The Morgan fingerprint density at radius 3 is 1.76 bits per heavy atom. The molecule has 0 N–H and O–H groups in total. The molecule has 0 aliphatic carbocycles. The zero-order chi connectivity index (χ0) is 15.6. The first-order valence-corrected chi connectivity index (χ1v) is 8.83. The summed E-state index contributed by atoms with van der Waals surface area (Å²) in [6.07, 6.45) is 16.5. The van der Waals surface area contributed by atoms with Crippen molar-refractivity contribution in [2.45, 2.75) is 96.8 Å². The fourth-order valence-electron chi connectivity index (χ4n) is 2.29. The van der Waals surface area contributed by atoms with Gasteiger partial charge in [0.2, 0.25) is 0 Å². The van der Waals surface area contributed by atoms with Crippen LogP contribution in [0.2, 0.25) is 0 Å². The van der Waals surface area contributed by atoms with Crippen LogP contribution in [0.15, 0.2) is 0 Å². The third-order valence-electron chi connectivity index (χ3n) is 3.69. The summed E-state index contributed by atoms with van der Waals surface area (Å²) in [4.78, 5) is 10.9. The van der Waals surface area contributed by atoms with E-state index in [0.717, 1.165) is 32.1 Å². The molecule has 0 aromatic heterocycles. The van der Waals surface area contributed by atoms with Gasteiger partial charge in [-0.2, -0.15) is 0 Å². The van der Waals surface area contributed by atoms with E-state index in [-0.39, 0.29) is 5.97 Å². The summed E-state index contributed by atoms with van der Waals surface area (Å²) in [6.45, 7) is 2.26. The van der Waals surface area contributed by atoms with Gasteiger partial charge >= 0.3 is 5.97 Å². The summed E-state index contributed by atoms with van der Waals surface area (Å²) in [7, 11) is 1.45. The van der Waals surface area contributed by atoms with Gasteiger partial charge in [0.15, 0.2) is 0 Å². The Balaban J connectivity index is 3.15. The third-order valence-corrected chi connectivity index (χ3v) is 3.69. The quantitative estimate of drug-likeness (QED) is 0.249. The maximum atomic E-state index is 10.9. The Kier molecular flexibility index (Phi) is 16.3. The SMILES string of the molecule is CCCCCCCCCC#CCCCCCCC(=O)OC. The highest BCUT2D eigenvalue weighted by atomic mass is 16.5. The zero-order valence-electron chi connectivity index (χ0n) is 14.2. The van der Waals surface area contributed by atoms with Crippen molar-refractivity contribution < 1.29 is 9.53 Å². The molecular weight excluding hydrogens is 260 g/mol. The minimum absolute atomic E-state index is 0.0931. The third kappa shape index (κ3) is 17.0. The lowest BCUT2D eigenvalue weighted by molar-refractivity contribution is -0.140. The molecule has 0 saturated heterocycles. The highest BCUT2D eigenvalue weighted by Gasteiger charge is 1.98. The highest BCUT2D eigenvalue weighted by Crippen LogP contribution is 2.08. The van der Waals surface area contributed by atoms with Gasteiger partial charge in [-0.3, -0.25) is 4.79 Å². The van der Waals surface area contributed by atoms with E-state index in [1.54, 1.807) is 0 Å². The van der Waals surface area contributed by atoms with Crippen molar-refractivity contribution >= 4 is 5.97 Å². The van der Waals surface area contributed by atoms with Crippen molar-refractivity contribution in [2.75, 3.05) is 7.11 Å². The van der Waals surface area contributed by atoms with Crippen LogP contribution < -0.4 is 0 Å². The van der Waals surface area contributed by atoms with Gasteiger partial charge in [-0.1, -0.05) is 58.3 Å². The van der Waals surface area contributed by atoms with Crippen molar-refractivity contribution in [2.24, 2.45) is 0 Å². The molecule has 0 aromatic carbocycles. The summed E-state index contributed by atoms with van der Waals surface area (Å²) >= 11 is 0. The molecule has 0 heterocycles. The van der Waals surface area contributed by atoms with Crippen LogP contribution in [0, 0.1) is 11.8 Å². The summed E-state index contributed by atoms with van der Waals surface area (Å²) in [5.74, 6) is 6.45. The molecular formula is C19H34O2. The lowest BCUT2D eigenvalue weighted by Gasteiger charge is -1.99. The summed E-state index contributed by atoms with van der Waals surface area (Å²) in [5, 5.41) is 0. The Morgan fingerprint density at radius 2 is 1.24 bits per heavy atom. The van der Waals surface area contributed by atoms with Crippen LogP contribution in [0.3, 0.4) is 0 Å². The molecule has 0 radical (unpaired) electrons. The second-order valence-corrected chi connectivity index (χ2v) is 5.72. The van der Waals surface area contributed by atoms with E-state index in [1.807, 2.05) is 0 Å². The molecule has 2 heteroatoms. The first-order chi connectivity index (χ1) is 10.3. The second-order valence-electron chi connectivity index (χ2n) is 5.72. The van der Waals surface area contributed by atoms with Crippen LogP contribution in [0.5, 0.6) is 0 Å². The monoisotopic (exact) mass is 294 g/mol. The molecule has 0 aliphatic rings. The molecule has 0 saturated carbocycles. The molecule has 0 rings (SSSR count). The van der Waals surface area contributed by atoms with Gasteiger partial charge in [0, 0.05) is 19.3 Å². The fourth-order valence-corrected chi connectivity index (χ4v) is 2.29. The van der Waals surface area contributed by atoms with Crippen molar-refractivity contribution in [3.05, 3.63) is 0 Å². The van der Waals surface area contributed by atoms with E-state index in [1.165, 1.54) is 58.5 Å².